The number of rotatable bonds is 1. The second-order valence-electron chi connectivity index (χ2n) is 1.14. The molecule has 0 fully saturated rings. The third-order valence-electron chi connectivity index (χ3n) is 0.657. The fourth-order valence-corrected chi connectivity index (χ4v) is 1.58. The second-order valence-corrected chi connectivity index (χ2v) is 3.88. The number of aromatic nitrogens is 1. The normalized spacial score (nSPS) is 9.25. The Morgan fingerprint density at radius 1 is 1.88 bits per heavy atom. The molecule has 0 unspecified atom stereocenters. The van der Waals surface area contributed by atoms with Crippen molar-refractivity contribution in [1.29, 1.82) is 0 Å². The van der Waals surface area contributed by atoms with E-state index in [-0.39, 0.29) is 0 Å². The molecule has 1 aromatic heterocycles. The molecule has 0 aromatic carbocycles. The van der Waals surface area contributed by atoms with Crippen LogP contribution in [0.4, 0.5) is 0 Å². The van der Waals surface area contributed by atoms with Crippen LogP contribution in [0, 0.1) is 3.01 Å². The van der Waals surface area contributed by atoms with Crippen LogP contribution < -0.4 is 4.74 Å². The Kier molecular flexibility index (Phi) is 2.07. The molecule has 0 N–H and O–H groups in total. The van der Waals surface area contributed by atoms with E-state index in [4.69, 9.17) is 4.74 Å². The van der Waals surface area contributed by atoms with Crippen LogP contribution in [0.5, 0.6) is 5.06 Å². The maximum atomic E-state index is 4.89. The van der Waals surface area contributed by atoms with E-state index in [0.717, 1.165) is 8.08 Å². The van der Waals surface area contributed by atoms with Crippen LogP contribution in [-0.2, 0) is 0 Å². The van der Waals surface area contributed by atoms with E-state index in [9.17, 15) is 0 Å². The summed E-state index contributed by atoms with van der Waals surface area (Å²) >= 11 is 3.69. The monoisotopic (exact) mass is 241 g/mol. The zero-order chi connectivity index (χ0) is 5.98. The number of hydrogen-bond acceptors (Lipinski definition) is 3. The van der Waals surface area contributed by atoms with Crippen molar-refractivity contribution in [3.05, 3.63) is 9.21 Å². The molecule has 0 aliphatic rings. The summed E-state index contributed by atoms with van der Waals surface area (Å²) in [5.74, 6) is 0. The van der Waals surface area contributed by atoms with E-state index in [2.05, 4.69) is 27.6 Å². The van der Waals surface area contributed by atoms with Gasteiger partial charge in [0.1, 0.15) is 0 Å². The van der Waals surface area contributed by atoms with Crippen LogP contribution in [0.2, 0.25) is 0 Å². The van der Waals surface area contributed by atoms with Crippen LogP contribution in [0.3, 0.4) is 0 Å². The van der Waals surface area contributed by atoms with Gasteiger partial charge < -0.3 is 4.74 Å². The first-order valence-electron chi connectivity index (χ1n) is 1.98. The van der Waals surface area contributed by atoms with Gasteiger partial charge in [-0.05, 0) is 22.6 Å². The van der Waals surface area contributed by atoms with E-state index in [1.54, 1.807) is 24.6 Å². The predicted molar refractivity (Wildman–Crippen MR) is 41.4 cm³/mol. The molecule has 2 nitrogen and oxygen atoms in total. The minimum absolute atomic E-state index is 0.870. The first-order chi connectivity index (χ1) is 3.83. The minimum Gasteiger partial charge on any atom is -0.486 e. The SMILES string of the molecule is COc1cnc(I)s1. The topological polar surface area (TPSA) is 22.1 Å². The lowest BCUT2D eigenvalue weighted by Gasteiger charge is -1.85. The summed E-state index contributed by atoms with van der Waals surface area (Å²) in [5, 5.41) is 0.870. The molecule has 0 atom stereocenters. The highest BCUT2D eigenvalue weighted by Gasteiger charge is 1.94. The Bertz CT molecular complexity index is 176. The van der Waals surface area contributed by atoms with Crippen molar-refractivity contribution in [1.82, 2.24) is 4.98 Å². The van der Waals surface area contributed by atoms with Gasteiger partial charge in [-0.1, -0.05) is 11.3 Å². The number of ether oxygens (including phenoxy) is 1. The molecule has 4 heteroatoms. The molecule has 0 saturated heterocycles. The van der Waals surface area contributed by atoms with Gasteiger partial charge in [0.15, 0.2) is 8.08 Å². The lowest BCUT2D eigenvalue weighted by atomic mass is 10.9. The van der Waals surface area contributed by atoms with Gasteiger partial charge in [-0.3, -0.25) is 0 Å². The molecule has 1 rings (SSSR count). The van der Waals surface area contributed by atoms with E-state index in [1.807, 2.05) is 0 Å². The Labute approximate surface area is 65.0 Å². The Balaban J connectivity index is 2.84. The van der Waals surface area contributed by atoms with E-state index in [1.165, 1.54) is 0 Å². The zero-order valence-electron chi connectivity index (χ0n) is 4.22. The molecule has 0 bridgehead atoms. The summed E-state index contributed by atoms with van der Waals surface area (Å²) in [4.78, 5) is 3.97. The highest BCUT2D eigenvalue weighted by molar-refractivity contribution is 14.1. The van der Waals surface area contributed by atoms with Crippen molar-refractivity contribution >= 4 is 33.9 Å². The van der Waals surface area contributed by atoms with Crippen molar-refractivity contribution < 1.29 is 4.74 Å². The van der Waals surface area contributed by atoms with E-state index >= 15 is 0 Å². The lowest BCUT2D eigenvalue weighted by Crippen LogP contribution is -1.73. The summed E-state index contributed by atoms with van der Waals surface area (Å²) in [5.41, 5.74) is 0. The minimum atomic E-state index is 0.870. The predicted octanol–water partition coefficient (Wildman–Crippen LogP) is 1.76. The summed E-state index contributed by atoms with van der Waals surface area (Å²) in [6.07, 6.45) is 1.71. The quantitative estimate of drug-likeness (QED) is 0.699. The van der Waals surface area contributed by atoms with Gasteiger partial charge in [0.25, 0.3) is 0 Å². The van der Waals surface area contributed by atoms with Gasteiger partial charge in [-0.2, -0.15) is 0 Å². The zero-order valence-corrected chi connectivity index (χ0v) is 7.19. The number of thiazole rings is 1. The van der Waals surface area contributed by atoms with Crippen molar-refractivity contribution in [2.24, 2.45) is 0 Å². The van der Waals surface area contributed by atoms with E-state index < -0.39 is 0 Å². The highest BCUT2D eigenvalue weighted by atomic mass is 127. The van der Waals surface area contributed by atoms with Crippen molar-refractivity contribution in [2.45, 2.75) is 0 Å². The van der Waals surface area contributed by atoms with Crippen molar-refractivity contribution in [3.8, 4) is 5.06 Å². The second kappa shape index (κ2) is 2.63. The van der Waals surface area contributed by atoms with Crippen LogP contribution in [0.1, 0.15) is 0 Å². The van der Waals surface area contributed by atoms with Crippen molar-refractivity contribution in [2.75, 3.05) is 7.11 Å². The van der Waals surface area contributed by atoms with Gasteiger partial charge in [0, 0.05) is 0 Å². The molecule has 0 radical (unpaired) electrons. The summed E-state index contributed by atoms with van der Waals surface area (Å²) in [7, 11) is 1.64. The summed E-state index contributed by atoms with van der Waals surface area (Å²) in [6, 6.07) is 0. The van der Waals surface area contributed by atoms with Crippen LogP contribution in [-0.4, -0.2) is 12.1 Å². The smallest absolute Gasteiger partial charge is 0.194 e. The maximum absolute atomic E-state index is 4.89. The van der Waals surface area contributed by atoms with Crippen LogP contribution >= 0.6 is 33.9 Å². The highest BCUT2D eigenvalue weighted by Crippen LogP contribution is 2.21. The van der Waals surface area contributed by atoms with Gasteiger partial charge >= 0.3 is 0 Å². The summed E-state index contributed by atoms with van der Waals surface area (Å²) < 4.78 is 5.90. The lowest BCUT2D eigenvalue weighted by molar-refractivity contribution is 0.426. The number of methoxy groups -OCH3 is 1. The first kappa shape index (κ1) is 6.28. The summed E-state index contributed by atoms with van der Waals surface area (Å²) in [6.45, 7) is 0. The molecule has 1 aromatic rings. The molecule has 0 aliphatic carbocycles. The molecule has 0 spiro atoms. The Hall–Kier alpha value is 0.160. The van der Waals surface area contributed by atoms with Gasteiger partial charge in [-0.25, -0.2) is 4.98 Å². The molecule has 44 valence electrons. The third kappa shape index (κ3) is 1.32. The average molecular weight is 241 g/mol. The largest absolute Gasteiger partial charge is 0.486 e. The Morgan fingerprint density at radius 3 is 2.88 bits per heavy atom. The van der Waals surface area contributed by atoms with Crippen LogP contribution in [0.25, 0.3) is 0 Å². The molecular weight excluding hydrogens is 237 g/mol. The number of hydrogen-bond donors (Lipinski definition) is 0. The fraction of sp³-hybridized carbons (Fsp3) is 0.250. The average Bonchev–Trinajstić information content (AvgIpc) is 2.14. The molecule has 0 saturated carbocycles. The molecule has 8 heavy (non-hydrogen) atoms. The molecular formula is C4H4INOS. The first-order valence-corrected chi connectivity index (χ1v) is 3.88. The van der Waals surface area contributed by atoms with Gasteiger partial charge in [-0.15, -0.1) is 0 Å². The standard InChI is InChI=1S/C4H4INOS/c1-7-3-2-6-4(5)8-3/h2H,1H3. The molecule has 0 amide bonds. The fourth-order valence-electron chi connectivity index (χ4n) is 0.334. The number of halogens is 1. The van der Waals surface area contributed by atoms with Crippen molar-refractivity contribution in [3.63, 3.8) is 0 Å². The number of nitrogens with zero attached hydrogens (tertiary/aromatic N) is 1. The van der Waals surface area contributed by atoms with E-state index in [0.29, 0.717) is 0 Å². The molecule has 0 aliphatic heterocycles. The van der Waals surface area contributed by atoms with Gasteiger partial charge in [0.2, 0.25) is 0 Å². The molecule has 1 heterocycles. The Morgan fingerprint density at radius 2 is 2.62 bits per heavy atom. The maximum Gasteiger partial charge on any atom is 0.194 e. The third-order valence-corrected chi connectivity index (χ3v) is 2.34. The van der Waals surface area contributed by atoms with Gasteiger partial charge in [0.05, 0.1) is 13.3 Å². The van der Waals surface area contributed by atoms with Crippen LogP contribution in [0.15, 0.2) is 6.20 Å².